The van der Waals surface area contributed by atoms with Gasteiger partial charge in [-0.3, -0.25) is 4.79 Å². The van der Waals surface area contributed by atoms with Crippen molar-refractivity contribution in [3.63, 3.8) is 0 Å². The molecule has 0 saturated heterocycles. The van der Waals surface area contributed by atoms with E-state index in [-0.39, 0.29) is 11.9 Å². The number of hydrogen-bond acceptors (Lipinski definition) is 3. The average Bonchev–Trinajstić information content (AvgIpc) is 3.13. The van der Waals surface area contributed by atoms with Gasteiger partial charge in [0, 0.05) is 43.2 Å². The summed E-state index contributed by atoms with van der Waals surface area (Å²) in [4.78, 5) is 28.5. The van der Waals surface area contributed by atoms with E-state index in [1.165, 1.54) is 0 Å². The zero-order chi connectivity index (χ0) is 22.4. The molecule has 0 spiro atoms. The zero-order valence-corrected chi connectivity index (χ0v) is 18.8. The second kappa shape index (κ2) is 10.2. The molecule has 1 N–H and O–H groups in total. The smallest absolute Gasteiger partial charge is 0.321 e. The number of amides is 3. The molecular formula is C25H31N3O3. The van der Waals surface area contributed by atoms with Gasteiger partial charge in [0.1, 0.15) is 11.3 Å². The largest absolute Gasteiger partial charge is 0.461 e. The molecule has 1 heterocycles. The Balaban J connectivity index is 1.63. The molecule has 3 aromatic rings. The molecule has 0 aliphatic carbocycles. The number of para-hydroxylation sites is 1. The highest BCUT2D eigenvalue weighted by atomic mass is 16.3. The zero-order valence-electron chi connectivity index (χ0n) is 18.8. The fraction of sp³-hybridized carbons (Fsp3) is 0.360. The van der Waals surface area contributed by atoms with Gasteiger partial charge in [0.15, 0.2) is 0 Å². The van der Waals surface area contributed by atoms with E-state index in [4.69, 9.17) is 4.42 Å². The Bertz CT molecular complexity index is 1040. The van der Waals surface area contributed by atoms with Crippen LogP contribution in [0.4, 0.5) is 10.5 Å². The van der Waals surface area contributed by atoms with E-state index in [2.05, 4.69) is 5.32 Å². The maximum absolute atomic E-state index is 12.7. The molecule has 0 radical (unpaired) electrons. The van der Waals surface area contributed by atoms with Gasteiger partial charge in [-0.1, -0.05) is 37.3 Å². The Morgan fingerprint density at radius 3 is 2.29 bits per heavy atom. The molecule has 0 aliphatic rings. The van der Waals surface area contributed by atoms with Gasteiger partial charge >= 0.3 is 6.03 Å². The van der Waals surface area contributed by atoms with E-state index in [1.807, 2.05) is 74.2 Å². The van der Waals surface area contributed by atoms with E-state index in [0.29, 0.717) is 31.7 Å². The summed E-state index contributed by atoms with van der Waals surface area (Å²) < 4.78 is 5.94. The molecule has 0 aliphatic heterocycles. The van der Waals surface area contributed by atoms with Gasteiger partial charge in [-0.05, 0) is 37.6 Å². The van der Waals surface area contributed by atoms with Crippen molar-refractivity contribution < 1.29 is 14.0 Å². The van der Waals surface area contributed by atoms with Gasteiger partial charge in [0.2, 0.25) is 5.91 Å². The van der Waals surface area contributed by atoms with Gasteiger partial charge in [-0.15, -0.1) is 0 Å². The number of fused-ring (bicyclic) bond motifs is 1. The molecule has 0 atom stereocenters. The number of nitrogens with zero attached hydrogens (tertiary/aromatic N) is 2. The average molecular weight is 422 g/mol. The molecule has 0 bridgehead atoms. The van der Waals surface area contributed by atoms with Crippen LogP contribution in [-0.4, -0.2) is 41.9 Å². The fourth-order valence-electron chi connectivity index (χ4n) is 3.70. The number of carbonyl (C=O) groups excluding carboxylic acids is 2. The highest BCUT2D eigenvalue weighted by molar-refractivity contribution is 5.90. The number of likely N-dealkylation sites (N-methyl/N-ethyl adjacent to an activating group) is 1. The summed E-state index contributed by atoms with van der Waals surface area (Å²) in [5.41, 5.74) is 3.52. The van der Waals surface area contributed by atoms with Crippen LogP contribution in [-0.2, 0) is 24.2 Å². The van der Waals surface area contributed by atoms with E-state index in [1.54, 1.807) is 11.9 Å². The van der Waals surface area contributed by atoms with Crippen molar-refractivity contribution >= 4 is 28.6 Å². The molecule has 3 amide bonds. The van der Waals surface area contributed by atoms with E-state index >= 15 is 0 Å². The van der Waals surface area contributed by atoms with Crippen LogP contribution in [0.25, 0.3) is 11.0 Å². The first-order valence-corrected chi connectivity index (χ1v) is 10.8. The number of anilines is 1. The maximum Gasteiger partial charge on any atom is 0.321 e. The highest BCUT2D eigenvalue weighted by Crippen LogP contribution is 2.27. The number of furan rings is 1. The lowest BCUT2D eigenvalue weighted by atomic mass is 10.1. The molecule has 164 valence electrons. The number of benzene rings is 2. The second-order valence-corrected chi connectivity index (χ2v) is 7.58. The number of hydrogen-bond donors (Lipinski definition) is 1. The summed E-state index contributed by atoms with van der Waals surface area (Å²) in [6.07, 6.45) is 1.14. The summed E-state index contributed by atoms with van der Waals surface area (Å²) >= 11 is 0. The quantitative estimate of drug-likeness (QED) is 0.552. The second-order valence-electron chi connectivity index (χ2n) is 7.58. The van der Waals surface area contributed by atoms with Gasteiger partial charge in [-0.2, -0.15) is 0 Å². The van der Waals surface area contributed by atoms with Crippen LogP contribution >= 0.6 is 0 Å². The molecule has 0 unspecified atom stereocenters. The minimum atomic E-state index is -0.195. The molecule has 3 rings (SSSR count). The van der Waals surface area contributed by atoms with Crippen molar-refractivity contribution in [2.45, 2.75) is 40.2 Å². The summed E-state index contributed by atoms with van der Waals surface area (Å²) in [5.74, 6) is 1.02. The van der Waals surface area contributed by atoms with E-state index < -0.39 is 0 Å². The van der Waals surface area contributed by atoms with Crippen LogP contribution in [0, 0.1) is 0 Å². The number of urea groups is 1. The topological polar surface area (TPSA) is 65.8 Å². The predicted octanol–water partition coefficient (Wildman–Crippen LogP) is 5.07. The maximum atomic E-state index is 12.7. The summed E-state index contributed by atoms with van der Waals surface area (Å²) in [7, 11) is 1.77. The number of nitrogens with one attached hydrogen (secondary N) is 1. The molecule has 31 heavy (non-hydrogen) atoms. The molecule has 0 saturated carbocycles. The Morgan fingerprint density at radius 1 is 0.968 bits per heavy atom. The molecule has 2 aromatic carbocycles. The minimum absolute atomic E-state index is 0.112. The Kier molecular flexibility index (Phi) is 7.34. The van der Waals surface area contributed by atoms with Crippen LogP contribution in [0.5, 0.6) is 0 Å². The Hall–Kier alpha value is -3.28. The summed E-state index contributed by atoms with van der Waals surface area (Å²) in [5, 5.41) is 3.97. The highest BCUT2D eigenvalue weighted by Gasteiger charge is 2.17. The van der Waals surface area contributed by atoms with Crippen LogP contribution in [0.2, 0.25) is 0 Å². The van der Waals surface area contributed by atoms with Crippen molar-refractivity contribution in [1.82, 2.24) is 9.80 Å². The third-order valence-corrected chi connectivity index (χ3v) is 5.52. The van der Waals surface area contributed by atoms with E-state index in [0.717, 1.165) is 34.3 Å². The third kappa shape index (κ3) is 5.26. The van der Waals surface area contributed by atoms with Crippen molar-refractivity contribution in [2.24, 2.45) is 0 Å². The van der Waals surface area contributed by atoms with Crippen molar-refractivity contribution in [3.05, 3.63) is 65.4 Å². The summed E-state index contributed by atoms with van der Waals surface area (Å²) in [6.45, 7) is 7.89. The first-order chi connectivity index (χ1) is 15.0. The van der Waals surface area contributed by atoms with Crippen LogP contribution in [0.1, 0.15) is 37.7 Å². The first-order valence-electron chi connectivity index (χ1n) is 10.8. The summed E-state index contributed by atoms with van der Waals surface area (Å²) in [6, 6.07) is 15.1. The lowest BCUT2D eigenvalue weighted by Gasteiger charge is -2.19. The SMILES string of the molecule is CCc1oc2ccccc2c1CN(C)C(=O)Nc1ccc(CC(=O)N(CC)CC)cc1. The predicted molar refractivity (Wildman–Crippen MR) is 124 cm³/mol. The lowest BCUT2D eigenvalue weighted by molar-refractivity contribution is -0.130. The van der Waals surface area contributed by atoms with E-state index in [9.17, 15) is 9.59 Å². The number of aryl methyl sites for hydroxylation is 1. The van der Waals surface area contributed by atoms with Crippen molar-refractivity contribution in [3.8, 4) is 0 Å². The first kappa shape index (κ1) is 22.4. The normalized spacial score (nSPS) is 10.8. The van der Waals surface area contributed by atoms with Crippen LogP contribution in [0.15, 0.2) is 52.9 Å². The Morgan fingerprint density at radius 2 is 1.65 bits per heavy atom. The molecule has 0 fully saturated rings. The fourth-order valence-corrected chi connectivity index (χ4v) is 3.70. The molecular weight excluding hydrogens is 390 g/mol. The number of carbonyl (C=O) groups is 2. The molecule has 6 heteroatoms. The standard InChI is InChI=1S/C25H31N3O3/c1-5-22-21(20-10-8-9-11-23(20)31-22)17-27(4)25(30)26-19-14-12-18(13-15-19)16-24(29)28(6-2)7-3/h8-15H,5-7,16-17H2,1-4H3,(H,26,30). The van der Waals surface area contributed by atoms with Gasteiger partial charge in [-0.25, -0.2) is 4.79 Å². The molecule has 6 nitrogen and oxygen atoms in total. The Labute approximate surface area is 183 Å². The van der Waals surface area contributed by atoms with Crippen molar-refractivity contribution in [1.29, 1.82) is 0 Å². The third-order valence-electron chi connectivity index (χ3n) is 5.52. The minimum Gasteiger partial charge on any atom is -0.461 e. The van der Waals surface area contributed by atoms with Crippen LogP contribution in [0.3, 0.4) is 0 Å². The van der Waals surface area contributed by atoms with Crippen LogP contribution < -0.4 is 5.32 Å². The van der Waals surface area contributed by atoms with Gasteiger partial charge in [0.05, 0.1) is 13.0 Å². The molecule has 1 aromatic heterocycles. The van der Waals surface area contributed by atoms with Gasteiger partial charge < -0.3 is 19.5 Å². The monoisotopic (exact) mass is 421 g/mol. The van der Waals surface area contributed by atoms with Gasteiger partial charge in [0.25, 0.3) is 0 Å². The lowest BCUT2D eigenvalue weighted by Crippen LogP contribution is -2.32. The number of rotatable bonds is 8. The van der Waals surface area contributed by atoms with Crippen molar-refractivity contribution in [2.75, 3.05) is 25.5 Å².